The standard InChI is InChI=1S/C13H23BrN2O3/c1-2-19-13(18)16-9-6-11(7-10-16)15-12(17)5-3-4-8-14/h11H,2-10H2,1H3,(H,15,17). The summed E-state index contributed by atoms with van der Waals surface area (Å²) >= 11 is 3.35. The first kappa shape index (κ1) is 16.3. The molecular formula is C13H23BrN2O3. The molecule has 0 atom stereocenters. The van der Waals surface area contributed by atoms with Gasteiger partial charge in [-0.2, -0.15) is 0 Å². The maximum atomic E-state index is 11.7. The first-order chi connectivity index (χ1) is 9.17. The van der Waals surface area contributed by atoms with Crippen molar-refractivity contribution in [2.75, 3.05) is 25.0 Å². The molecule has 5 nitrogen and oxygen atoms in total. The van der Waals surface area contributed by atoms with Crippen LogP contribution in [0.5, 0.6) is 0 Å². The number of piperidine rings is 1. The van der Waals surface area contributed by atoms with Crippen molar-refractivity contribution in [3.05, 3.63) is 0 Å². The van der Waals surface area contributed by atoms with Gasteiger partial charge in [-0.15, -0.1) is 0 Å². The van der Waals surface area contributed by atoms with Crippen molar-refractivity contribution in [3.63, 3.8) is 0 Å². The lowest BCUT2D eigenvalue weighted by Crippen LogP contribution is -2.46. The second kappa shape index (κ2) is 9.18. The molecule has 0 bridgehead atoms. The minimum absolute atomic E-state index is 0.121. The van der Waals surface area contributed by atoms with E-state index in [9.17, 15) is 9.59 Å². The van der Waals surface area contributed by atoms with Crippen molar-refractivity contribution < 1.29 is 14.3 Å². The monoisotopic (exact) mass is 334 g/mol. The number of amides is 2. The zero-order valence-electron chi connectivity index (χ0n) is 11.5. The van der Waals surface area contributed by atoms with Crippen LogP contribution in [0.4, 0.5) is 4.79 Å². The fourth-order valence-electron chi connectivity index (χ4n) is 2.10. The van der Waals surface area contributed by atoms with Crippen LogP contribution in [0.1, 0.15) is 39.0 Å². The van der Waals surface area contributed by atoms with E-state index in [4.69, 9.17) is 4.74 Å². The van der Waals surface area contributed by atoms with Crippen LogP contribution >= 0.6 is 15.9 Å². The van der Waals surface area contributed by atoms with E-state index in [1.165, 1.54) is 0 Å². The van der Waals surface area contributed by atoms with Crippen molar-refractivity contribution in [1.29, 1.82) is 0 Å². The van der Waals surface area contributed by atoms with E-state index in [1.54, 1.807) is 11.8 Å². The van der Waals surface area contributed by atoms with E-state index in [-0.39, 0.29) is 18.0 Å². The molecule has 0 aromatic heterocycles. The highest BCUT2D eigenvalue weighted by molar-refractivity contribution is 9.09. The number of halogens is 1. The van der Waals surface area contributed by atoms with Gasteiger partial charge in [-0.25, -0.2) is 4.79 Å². The largest absolute Gasteiger partial charge is 0.450 e. The first-order valence-electron chi connectivity index (χ1n) is 6.94. The molecule has 2 amide bonds. The van der Waals surface area contributed by atoms with Crippen LogP contribution in [0, 0.1) is 0 Å². The predicted molar refractivity (Wildman–Crippen MR) is 77.4 cm³/mol. The van der Waals surface area contributed by atoms with Crippen molar-refractivity contribution in [2.45, 2.75) is 45.1 Å². The summed E-state index contributed by atoms with van der Waals surface area (Å²) in [7, 11) is 0. The minimum Gasteiger partial charge on any atom is -0.450 e. The van der Waals surface area contributed by atoms with E-state index in [1.807, 2.05) is 0 Å². The van der Waals surface area contributed by atoms with Gasteiger partial charge in [-0.1, -0.05) is 15.9 Å². The van der Waals surface area contributed by atoms with Gasteiger partial charge in [0.25, 0.3) is 0 Å². The topological polar surface area (TPSA) is 58.6 Å². The van der Waals surface area contributed by atoms with E-state index in [0.717, 1.165) is 31.0 Å². The van der Waals surface area contributed by atoms with Crippen LogP contribution < -0.4 is 5.32 Å². The Hall–Kier alpha value is -0.780. The molecule has 110 valence electrons. The maximum Gasteiger partial charge on any atom is 0.409 e. The lowest BCUT2D eigenvalue weighted by molar-refractivity contribution is -0.122. The van der Waals surface area contributed by atoms with E-state index >= 15 is 0 Å². The predicted octanol–water partition coefficient (Wildman–Crippen LogP) is 2.29. The van der Waals surface area contributed by atoms with E-state index in [0.29, 0.717) is 26.1 Å². The van der Waals surface area contributed by atoms with Gasteiger partial charge in [0.1, 0.15) is 0 Å². The first-order valence-corrected chi connectivity index (χ1v) is 8.06. The molecule has 1 saturated heterocycles. The number of carbonyl (C=O) groups excluding carboxylic acids is 2. The maximum absolute atomic E-state index is 11.7. The number of alkyl halides is 1. The van der Waals surface area contributed by atoms with Crippen LogP contribution in [-0.2, 0) is 9.53 Å². The summed E-state index contributed by atoms with van der Waals surface area (Å²) in [5.41, 5.74) is 0. The van der Waals surface area contributed by atoms with Gasteiger partial charge in [0.15, 0.2) is 0 Å². The van der Waals surface area contributed by atoms with Crippen molar-refractivity contribution in [2.24, 2.45) is 0 Å². The summed E-state index contributed by atoms with van der Waals surface area (Å²) in [6.07, 6.45) is 3.90. The minimum atomic E-state index is -0.246. The summed E-state index contributed by atoms with van der Waals surface area (Å²) in [5, 5.41) is 3.98. The molecule has 1 N–H and O–H groups in total. The number of hydrogen-bond donors (Lipinski definition) is 1. The lowest BCUT2D eigenvalue weighted by atomic mass is 10.1. The molecule has 0 saturated carbocycles. The van der Waals surface area contributed by atoms with Crippen molar-refractivity contribution in [3.8, 4) is 0 Å². The number of nitrogens with one attached hydrogen (secondary N) is 1. The summed E-state index contributed by atoms with van der Waals surface area (Å²) in [6, 6.07) is 0.196. The third kappa shape index (κ3) is 6.27. The van der Waals surface area contributed by atoms with Crippen molar-refractivity contribution >= 4 is 27.9 Å². The highest BCUT2D eigenvalue weighted by atomic mass is 79.9. The summed E-state index contributed by atoms with van der Waals surface area (Å²) in [5.74, 6) is 0.121. The Kier molecular flexibility index (Phi) is 7.86. The van der Waals surface area contributed by atoms with Crippen LogP contribution in [0.2, 0.25) is 0 Å². The normalized spacial score (nSPS) is 16.2. The Morgan fingerprint density at radius 3 is 2.58 bits per heavy atom. The smallest absolute Gasteiger partial charge is 0.409 e. The molecule has 0 radical (unpaired) electrons. The number of carbonyl (C=O) groups is 2. The lowest BCUT2D eigenvalue weighted by Gasteiger charge is -2.31. The molecule has 0 aliphatic carbocycles. The number of hydrogen-bond acceptors (Lipinski definition) is 3. The van der Waals surface area contributed by atoms with Crippen LogP contribution in [0.15, 0.2) is 0 Å². The van der Waals surface area contributed by atoms with Crippen molar-refractivity contribution in [1.82, 2.24) is 10.2 Å². The molecule has 0 aromatic carbocycles. The fraction of sp³-hybridized carbons (Fsp3) is 0.846. The summed E-state index contributed by atoms with van der Waals surface area (Å²) in [4.78, 5) is 24.9. The number of likely N-dealkylation sites (tertiary alicyclic amines) is 1. The molecule has 1 aliphatic heterocycles. The molecule has 6 heteroatoms. The van der Waals surface area contributed by atoms with Crippen LogP contribution in [0.25, 0.3) is 0 Å². The molecule has 1 heterocycles. The van der Waals surface area contributed by atoms with Gasteiger partial charge in [-0.3, -0.25) is 4.79 Å². The highest BCUT2D eigenvalue weighted by Gasteiger charge is 2.24. The Labute approximate surface area is 123 Å². The Balaban J connectivity index is 2.19. The SMILES string of the molecule is CCOC(=O)N1CCC(NC(=O)CCCCBr)CC1. The zero-order valence-corrected chi connectivity index (χ0v) is 13.1. The molecule has 19 heavy (non-hydrogen) atoms. The van der Waals surface area contributed by atoms with Gasteiger partial charge < -0.3 is 15.0 Å². The second-order valence-electron chi connectivity index (χ2n) is 4.67. The average Bonchev–Trinajstić information content (AvgIpc) is 2.40. The Morgan fingerprint density at radius 1 is 1.32 bits per heavy atom. The highest BCUT2D eigenvalue weighted by Crippen LogP contribution is 2.12. The molecule has 0 spiro atoms. The molecular weight excluding hydrogens is 312 g/mol. The number of rotatable bonds is 6. The number of nitrogens with zero attached hydrogens (tertiary/aromatic N) is 1. The quantitative estimate of drug-likeness (QED) is 0.598. The summed E-state index contributed by atoms with van der Waals surface area (Å²) < 4.78 is 4.96. The fourth-order valence-corrected chi connectivity index (χ4v) is 2.50. The molecule has 0 aromatic rings. The summed E-state index contributed by atoms with van der Waals surface area (Å²) in [6.45, 7) is 3.53. The Bertz CT molecular complexity index is 292. The third-order valence-corrected chi connectivity index (χ3v) is 3.73. The van der Waals surface area contributed by atoms with Gasteiger partial charge in [0, 0.05) is 30.9 Å². The van der Waals surface area contributed by atoms with Gasteiger partial charge in [0.05, 0.1) is 6.61 Å². The third-order valence-electron chi connectivity index (χ3n) is 3.17. The Morgan fingerprint density at radius 2 is 2.00 bits per heavy atom. The molecule has 1 aliphatic rings. The average molecular weight is 335 g/mol. The van der Waals surface area contributed by atoms with E-state index < -0.39 is 0 Å². The molecule has 1 fully saturated rings. The van der Waals surface area contributed by atoms with E-state index in [2.05, 4.69) is 21.2 Å². The van der Waals surface area contributed by atoms with Gasteiger partial charge >= 0.3 is 6.09 Å². The van der Waals surface area contributed by atoms with Crippen LogP contribution in [0.3, 0.4) is 0 Å². The number of ether oxygens (including phenoxy) is 1. The van der Waals surface area contributed by atoms with Gasteiger partial charge in [0.2, 0.25) is 5.91 Å². The molecule has 1 rings (SSSR count). The van der Waals surface area contributed by atoms with Crippen LogP contribution in [-0.4, -0.2) is 48.0 Å². The second-order valence-corrected chi connectivity index (χ2v) is 5.47. The zero-order chi connectivity index (χ0) is 14.1. The molecule has 0 unspecified atom stereocenters. The number of unbranched alkanes of at least 4 members (excludes halogenated alkanes) is 1. The van der Waals surface area contributed by atoms with Gasteiger partial charge in [-0.05, 0) is 32.6 Å².